The number of carbonyl (C=O) groups excluding carboxylic acids is 1. The normalized spacial score (nSPS) is 17.0. The van der Waals surface area contributed by atoms with Crippen molar-refractivity contribution in [2.24, 2.45) is 0 Å². The second kappa shape index (κ2) is 7.70. The number of rotatable bonds is 5. The first kappa shape index (κ1) is 17.5. The molecule has 3 rings (SSSR count). The first-order valence-electron chi connectivity index (χ1n) is 8.85. The Balaban J connectivity index is 1.57. The number of hydrogen-bond acceptors (Lipinski definition) is 3. The number of hydrogen-bond donors (Lipinski definition) is 1. The summed E-state index contributed by atoms with van der Waals surface area (Å²) in [4.78, 5) is 13.8. The van der Waals surface area contributed by atoms with E-state index in [1.807, 2.05) is 42.5 Å². The van der Waals surface area contributed by atoms with Gasteiger partial charge in [-0.25, -0.2) is 0 Å². The van der Waals surface area contributed by atoms with Gasteiger partial charge >= 0.3 is 0 Å². The molecule has 1 amide bonds. The summed E-state index contributed by atoms with van der Waals surface area (Å²) in [6.45, 7) is 6.61. The number of para-hydroxylation sites is 1. The summed E-state index contributed by atoms with van der Waals surface area (Å²) in [5.41, 5.74) is 1.18. The molecule has 0 aliphatic carbocycles. The Morgan fingerprint density at radius 3 is 2.44 bits per heavy atom. The van der Waals surface area contributed by atoms with E-state index in [1.54, 1.807) is 6.92 Å². The number of nitrogens with one attached hydrogen (secondary N) is 1. The fraction of sp³-hybridized carbons (Fsp3) is 0.381. The van der Waals surface area contributed by atoms with Crippen LogP contribution in [-0.4, -0.2) is 29.4 Å². The van der Waals surface area contributed by atoms with E-state index in [1.165, 1.54) is 5.56 Å². The molecule has 0 aromatic heterocycles. The Bertz CT molecular complexity index is 707. The van der Waals surface area contributed by atoms with Crippen molar-refractivity contribution in [1.82, 2.24) is 10.2 Å². The number of nitrogens with zero attached hydrogens (tertiary/aromatic N) is 1. The Kier molecular flexibility index (Phi) is 5.39. The average molecular weight is 338 g/mol. The molecule has 2 aromatic carbocycles. The highest BCUT2D eigenvalue weighted by Gasteiger charge is 2.30. The minimum absolute atomic E-state index is 0.0571. The Hall–Kier alpha value is -2.33. The third-order valence-electron chi connectivity index (χ3n) is 4.72. The van der Waals surface area contributed by atoms with Gasteiger partial charge < -0.3 is 10.1 Å². The van der Waals surface area contributed by atoms with Crippen molar-refractivity contribution in [1.29, 1.82) is 0 Å². The van der Waals surface area contributed by atoms with Gasteiger partial charge in [-0.15, -0.1) is 0 Å². The lowest BCUT2D eigenvalue weighted by molar-refractivity contribution is -0.121. The van der Waals surface area contributed by atoms with Crippen LogP contribution in [0.5, 0.6) is 11.5 Å². The zero-order valence-corrected chi connectivity index (χ0v) is 15.0. The van der Waals surface area contributed by atoms with E-state index in [-0.39, 0.29) is 11.4 Å². The summed E-state index contributed by atoms with van der Waals surface area (Å²) in [7, 11) is 0. The van der Waals surface area contributed by atoms with Gasteiger partial charge in [0.2, 0.25) is 5.91 Å². The van der Waals surface area contributed by atoms with E-state index < -0.39 is 0 Å². The standard InChI is InChI=1S/C21H26N2O2/c1-17(24)22-21(2)11-13-23(14-12-21)16-18-7-6-10-20(15-18)25-19-8-4-3-5-9-19/h3-10,15H,11-14,16H2,1-2H3,(H,22,24). The smallest absolute Gasteiger partial charge is 0.217 e. The Morgan fingerprint density at radius 2 is 1.76 bits per heavy atom. The van der Waals surface area contributed by atoms with Gasteiger partial charge in [0.15, 0.2) is 0 Å². The van der Waals surface area contributed by atoms with E-state index >= 15 is 0 Å². The van der Waals surface area contributed by atoms with Gasteiger partial charge in [-0.1, -0.05) is 30.3 Å². The van der Waals surface area contributed by atoms with Crippen molar-refractivity contribution in [2.45, 2.75) is 38.8 Å². The molecule has 1 fully saturated rings. The molecule has 0 spiro atoms. The first-order valence-corrected chi connectivity index (χ1v) is 8.85. The second-order valence-electron chi connectivity index (χ2n) is 7.08. The molecule has 25 heavy (non-hydrogen) atoms. The van der Waals surface area contributed by atoms with E-state index in [4.69, 9.17) is 4.74 Å². The van der Waals surface area contributed by atoms with Crippen molar-refractivity contribution in [3.63, 3.8) is 0 Å². The third-order valence-corrected chi connectivity index (χ3v) is 4.72. The van der Waals surface area contributed by atoms with Gasteiger partial charge in [-0.05, 0) is 49.6 Å². The molecule has 0 unspecified atom stereocenters. The molecular weight excluding hydrogens is 312 g/mol. The summed E-state index contributed by atoms with van der Waals surface area (Å²) >= 11 is 0. The molecule has 0 bridgehead atoms. The molecule has 0 radical (unpaired) electrons. The monoisotopic (exact) mass is 338 g/mol. The van der Waals surface area contributed by atoms with Crippen molar-refractivity contribution in [3.05, 3.63) is 60.2 Å². The molecule has 2 aromatic rings. The molecule has 1 heterocycles. The minimum atomic E-state index is -0.0688. The number of carbonyl (C=O) groups is 1. The van der Waals surface area contributed by atoms with Gasteiger partial charge in [-0.2, -0.15) is 0 Å². The van der Waals surface area contributed by atoms with Gasteiger partial charge in [0.05, 0.1) is 0 Å². The Labute approximate surface area is 149 Å². The predicted molar refractivity (Wildman–Crippen MR) is 99.7 cm³/mol. The van der Waals surface area contributed by atoms with Crippen LogP contribution in [-0.2, 0) is 11.3 Å². The molecule has 4 nitrogen and oxygen atoms in total. The highest BCUT2D eigenvalue weighted by Crippen LogP contribution is 2.25. The number of piperidine rings is 1. The highest BCUT2D eigenvalue weighted by atomic mass is 16.5. The fourth-order valence-electron chi connectivity index (χ4n) is 3.34. The molecular formula is C21H26N2O2. The van der Waals surface area contributed by atoms with Crippen LogP contribution in [0.2, 0.25) is 0 Å². The summed E-state index contributed by atoms with van der Waals surface area (Å²) in [5.74, 6) is 1.77. The molecule has 1 N–H and O–H groups in total. The number of ether oxygens (including phenoxy) is 1. The molecule has 0 saturated carbocycles. The van der Waals surface area contributed by atoms with Crippen LogP contribution in [0.1, 0.15) is 32.3 Å². The summed E-state index contributed by atoms with van der Waals surface area (Å²) in [5, 5.41) is 3.09. The number of amides is 1. The van der Waals surface area contributed by atoms with Gasteiger partial charge in [0.25, 0.3) is 0 Å². The largest absolute Gasteiger partial charge is 0.457 e. The predicted octanol–water partition coefficient (Wildman–Crippen LogP) is 3.97. The van der Waals surface area contributed by atoms with E-state index in [2.05, 4.69) is 29.3 Å². The lowest BCUT2D eigenvalue weighted by Crippen LogP contribution is -2.52. The average Bonchev–Trinajstić information content (AvgIpc) is 2.58. The maximum atomic E-state index is 11.3. The molecule has 4 heteroatoms. The zero-order chi connectivity index (χ0) is 17.7. The van der Waals surface area contributed by atoms with Crippen molar-refractivity contribution in [2.75, 3.05) is 13.1 Å². The van der Waals surface area contributed by atoms with E-state index in [0.717, 1.165) is 44.0 Å². The molecule has 1 aliphatic heterocycles. The lowest BCUT2D eigenvalue weighted by Gasteiger charge is -2.39. The topological polar surface area (TPSA) is 41.6 Å². The number of likely N-dealkylation sites (tertiary alicyclic amines) is 1. The summed E-state index contributed by atoms with van der Waals surface area (Å²) in [6.07, 6.45) is 1.96. The van der Waals surface area contributed by atoms with Gasteiger partial charge in [0, 0.05) is 32.1 Å². The minimum Gasteiger partial charge on any atom is -0.457 e. The van der Waals surface area contributed by atoms with Crippen molar-refractivity contribution < 1.29 is 9.53 Å². The van der Waals surface area contributed by atoms with Crippen LogP contribution in [0, 0.1) is 0 Å². The molecule has 0 atom stereocenters. The van der Waals surface area contributed by atoms with E-state index in [0.29, 0.717) is 0 Å². The van der Waals surface area contributed by atoms with Crippen LogP contribution in [0.15, 0.2) is 54.6 Å². The molecule has 1 saturated heterocycles. The van der Waals surface area contributed by atoms with Crippen LogP contribution < -0.4 is 10.1 Å². The highest BCUT2D eigenvalue weighted by molar-refractivity contribution is 5.73. The second-order valence-corrected chi connectivity index (χ2v) is 7.08. The molecule has 132 valence electrons. The van der Waals surface area contributed by atoms with Crippen LogP contribution in [0.3, 0.4) is 0 Å². The van der Waals surface area contributed by atoms with Gasteiger partial charge in [-0.3, -0.25) is 9.69 Å². The Morgan fingerprint density at radius 1 is 1.08 bits per heavy atom. The quantitative estimate of drug-likeness (QED) is 0.897. The van der Waals surface area contributed by atoms with Crippen LogP contribution in [0.25, 0.3) is 0 Å². The zero-order valence-electron chi connectivity index (χ0n) is 15.0. The van der Waals surface area contributed by atoms with Crippen molar-refractivity contribution >= 4 is 5.91 Å². The maximum absolute atomic E-state index is 11.3. The fourth-order valence-corrected chi connectivity index (χ4v) is 3.34. The SMILES string of the molecule is CC(=O)NC1(C)CCN(Cc2cccc(Oc3ccccc3)c2)CC1. The summed E-state index contributed by atoms with van der Waals surface area (Å²) in [6, 6.07) is 18.1. The van der Waals surface area contributed by atoms with Crippen LogP contribution in [0.4, 0.5) is 0 Å². The van der Waals surface area contributed by atoms with Gasteiger partial charge in [0.1, 0.15) is 11.5 Å². The van der Waals surface area contributed by atoms with Crippen LogP contribution >= 0.6 is 0 Å². The van der Waals surface area contributed by atoms with Crippen molar-refractivity contribution in [3.8, 4) is 11.5 Å². The lowest BCUT2D eigenvalue weighted by atomic mass is 9.89. The summed E-state index contributed by atoms with van der Waals surface area (Å²) < 4.78 is 5.92. The maximum Gasteiger partial charge on any atom is 0.217 e. The molecule has 1 aliphatic rings. The van der Waals surface area contributed by atoms with E-state index in [9.17, 15) is 4.79 Å². The third kappa shape index (κ3) is 5.07. The number of benzene rings is 2. The first-order chi connectivity index (χ1) is 12.0.